The Morgan fingerprint density at radius 2 is 1.76 bits per heavy atom. The van der Waals surface area contributed by atoms with Gasteiger partial charge in [0.05, 0.1) is 23.0 Å². The highest BCUT2D eigenvalue weighted by Crippen LogP contribution is 2.38. The van der Waals surface area contributed by atoms with Gasteiger partial charge in [0.1, 0.15) is 5.56 Å². The van der Waals surface area contributed by atoms with Crippen molar-refractivity contribution in [2.24, 2.45) is 0 Å². The molecule has 0 fully saturated rings. The Bertz CT molecular complexity index is 1220. The molecule has 29 heavy (non-hydrogen) atoms. The fourth-order valence-corrected chi connectivity index (χ4v) is 3.81. The van der Waals surface area contributed by atoms with Gasteiger partial charge in [-0.15, -0.1) is 0 Å². The van der Waals surface area contributed by atoms with Crippen molar-refractivity contribution in [3.8, 4) is 22.5 Å². The molecule has 146 valence electrons. The molecule has 0 amide bonds. The van der Waals surface area contributed by atoms with Crippen LogP contribution in [0.1, 0.15) is 17.3 Å². The third-order valence-electron chi connectivity index (χ3n) is 4.45. The van der Waals surface area contributed by atoms with Crippen molar-refractivity contribution in [1.82, 2.24) is 9.38 Å². The van der Waals surface area contributed by atoms with E-state index in [0.29, 0.717) is 32.0 Å². The average molecular weight is 446 g/mol. The number of esters is 1. The molecular formula is C22H15Cl3N2O2. The first-order valence-corrected chi connectivity index (χ1v) is 10.0. The Hall–Kier alpha value is -2.53. The van der Waals surface area contributed by atoms with Crippen molar-refractivity contribution in [3.63, 3.8) is 0 Å². The van der Waals surface area contributed by atoms with Gasteiger partial charge in [-0.05, 0) is 49.4 Å². The number of hydrogen-bond acceptors (Lipinski definition) is 3. The number of benzene rings is 2. The molecule has 0 aliphatic carbocycles. The molecular weight excluding hydrogens is 431 g/mol. The second kappa shape index (κ2) is 8.07. The van der Waals surface area contributed by atoms with Crippen molar-refractivity contribution in [1.29, 1.82) is 0 Å². The Kier molecular flexibility index (Phi) is 5.50. The van der Waals surface area contributed by atoms with E-state index in [-0.39, 0.29) is 6.61 Å². The fraction of sp³-hybridized carbons (Fsp3) is 0.0909. The molecule has 2 aromatic carbocycles. The fourth-order valence-electron chi connectivity index (χ4n) is 3.18. The van der Waals surface area contributed by atoms with Gasteiger partial charge < -0.3 is 4.74 Å². The maximum absolute atomic E-state index is 12.5. The molecule has 0 bridgehead atoms. The average Bonchev–Trinajstić information content (AvgIpc) is 3.08. The summed E-state index contributed by atoms with van der Waals surface area (Å²) in [5.41, 5.74) is 3.86. The second-order valence-electron chi connectivity index (χ2n) is 6.28. The summed E-state index contributed by atoms with van der Waals surface area (Å²) in [6, 6.07) is 16.1. The SMILES string of the molecule is CCOC(=O)c1cccn2c(-c3ccc(Cl)cc3Cl)c(-c3ccc(Cl)cc3)nc12. The van der Waals surface area contributed by atoms with Crippen molar-refractivity contribution in [2.45, 2.75) is 6.92 Å². The quantitative estimate of drug-likeness (QED) is 0.324. The largest absolute Gasteiger partial charge is 0.462 e. The third-order valence-corrected chi connectivity index (χ3v) is 5.25. The minimum atomic E-state index is -0.431. The molecule has 0 radical (unpaired) electrons. The van der Waals surface area contributed by atoms with Gasteiger partial charge in [-0.1, -0.05) is 46.9 Å². The smallest absolute Gasteiger partial charge is 0.341 e. The van der Waals surface area contributed by atoms with Crippen LogP contribution in [0.5, 0.6) is 0 Å². The lowest BCUT2D eigenvalue weighted by Crippen LogP contribution is -2.07. The molecule has 0 atom stereocenters. The molecule has 2 aromatic heterocycles. The van der Waals surface area contributed by atoms with Gasteiger partial charge in [-0.25, -0.2) is 9.78 Å². The predicted octanol–water partition coefficient (Wildman–Crippen LogP) is 6.81. The lowest BCUT2D eigenvalue weighted by molar-refractivity contribution is 0.0528. The number of ether oxygens (including phenoxy) is 1. The van der Waals surface area contributed by atoms with Crippen molar-refractivity contribution < 1.29 is 9.53 Å². The highest BCUT2D eigenvalue weighted by molar-refractivity contribution is 6.36. The van der Waals surface area contributed by atoms with E-state index in [1.807, 2.05) is 28.8 Å². The summed E-state index contributed by atoms with van der Waals surface area (Å²) < 4.78 is 7.04. The molecule has 0 saturated heterocycles. The summed E-state index contributed by atoms with van der Waals surface area (Å²) in [7, 11) is 0. The van der Waals surface area contributed by atoms with Crippen LogP contribution in [-0.4, -0.2) is 22.0 Å². The standard InChI is InChI=1S/C22H15Cl3N2O2/c1-2-29-22(28)17-4-3-11-27-20(16-10-9-15(24)12-18(16)25)19(26-21(17)27)13-5-7-14(23)8-6-13/h3-12H,2H2,1H3. The summed E-state index contributed by atoms with van der Waals surface area (Å²) in [6.07, 6.45) is 1.84. The van der Waals surface area contributed by atoms with Gasteiger partial charge in [0.25, 0.3) is 0 Å². The van der Waals surface area contributed by atoms with E-state index in [2.05, 4.69) is 0 Å². The van der Waals surface area contributed by atoms with Gasteiger partial charge in [0.15, 0.2) is 5.65 Å². The zero-order chi connectivity index (χ0) is 20.5. The Morgan fingerprint density at radius 1 is 1.03 bits per heavy atom. The lowest BCUT2D eigenvalue weighted by Gasteiger charge is -2.09. The number of carbonyl (C=O) groups is 1. The van der Waals surface area contributed by atoms with Crippen molar-refractivity contribution in [3.05, 3.63) is 81.4 Å². The number of pyridine rings is 1. The van der Waals surface area contributed by atoms with Crippen LogP contribution in [0.25, 0.3) is 28.2 Å². The molecule has 4 aromatic rings. The molecule has 0 unspecified atom stereocenters. The third kappa shape index (κ3) is 3.71. The van der Waals surface area contributed by atoms with Gasteiger partial charge in [0, 0.05) is 27.4 Å². The number of hydrogen-bond donors (Lipinski definition) is 0. The Balaban J connectivity index is 2.05. The number of carbonyl (C=O) groups excluding carboxylic acids is 1. The first-order chi connectivity index (χ1) is 14.0. The van der Waals surface area contributed by atoms with Crippen LogP contribution in [0.2, 0.25) is 15.1 Å². The molecule has 4 nitrogen and oxygen atoms in total. The minimum absolute atomic E-state index is 0.278. The summed E-state index contributed by atoms with van der Waals surface area (Å²) in [5.74, 6) is -0.431. The highest BCUT2D eigenvalue weighted by Gasteiger charge is 2.22. The normalized spacial score (nSPS) is 11.0. The predicted molar refractivity (Wildman–Crippen MR) is 117 cm³/mol. The molecule has 2 heterocycles. The highest BCUT2D eigenvalue weighted by atomic mass is 35.5. The number of halogens is 3. The zero-order valence-electron chi connectivity index (χ0n) is 15.3. The van der Waals surface area contributed by atoms with Gasteiger partial charge in [-0.3, -0.25) is 4.40 Å². The first-order valence-electron chi connectivity index (χ1n) is 8.89. The van der Waals surface area contributed by atoms with Crippen LogP contribution in [-0.2, 0) is 4.74 Å². The van der Waals surface area contributed by atoms with Crippen LogP contribution in [0.15, 0.2) is 60.8 Å². The van der Waals surface area contributed by atoms with Gasteiger partial charge in [0.2, 0.25) is 0 Å². The van der Waals surface area contributed by atoms with E-state index < -0.39 is 5.97 Å². The van der Waals surface area contributed by atoms with E-state index in [1.54, 1.807) is 43.3 Å². The number of aromatic nitrogens is 2. The van der Waals surface area contributed by atoms with E-state index in [9.17, 15) is 4.79 Å². The number of nitrogens with zero attached hydrogens (tertiary/aromatic N) is 2. The van der Waals surface area contributed by atoms with Crippen molar-refractivity contribution >= 4 is 46.4 Å². The van der Waals surface area contributed by atoms with Gasteiger partial charge in [-0.2, -0.15) is 0 Å². The maximum Gasteiger partial charge on any atom is 0.341 e. The van der Waals surface area contributed by atoms with Crippen LogP contribution in [0.3, 0.4) is 0 Å². The zero-order valence-corrected chi connectivity index (χ0v) is 17.6. The van der Waals surface area contributed by atoms with E-state index in [1.165, 1.54) is 0 Å². The number of fused-ring (bicyclic) bond motifs is 1. The lowest BCUT2D eigenvalue weighted by atomic mass is 10.0. The second-order valence-corrected chi connectivity index (χ2v) is 7.56. The van der Waals surface area contributed by atoms with E-state index in [4.69, 9.17) is 44.5 Å². The number of rotatable bonds is 4. The molecule has 4 rings (SSSR count). The van der Waals surface area contributed by atoms with Crippen LogP contribution < -0.4 is 0 Å². The topological polar surface area (TPSA) is 43.6 Å². The van der Waals surface area contributed by atoms with Crippen LogP contribution >= 0.6 is 34.8 Å². The monoisotopic (exact) mass is 444 g/mol. The molecule has 0 aliphatic heterocycles. The maximum atomic E-state index is 12.5. The Labute approximate surface area is 182 Å². The van der Waals surface area contributed by atoms with Crippen LogP contribution in [0.4, 0.5) is 0 Å². The van der Waals surface area contributed by atoms with Crippen molar-refractivity contribution in [2.75, 3.05) is 6.61 Å². The molecule has 0 spiro atoms. The molecule has 0 aliphatic rings. The van der Waals surface area contributed by atoms with Gasteiger partial charge >= 0.3 is 5.97 Å². The minimum Gasteiger partial charge on any atom is -0.462 e. The van der Waals surface area contributed by atoms with E-state index in [0.717, 1.165) is 16.8 Å². The molecule has 0 saturated carbocycles. The summed E-state index contributed by atoms with van der Waals surface area (Å²) >= 11 is 18.7. The molecule has 7 heteroatoms. The summed E-state index contributed by atoms with van der Waals surface area (Å²) in [6.45, 7) is 2.04. The van der Waals surface area contributed by atoms with E-state index >= 15 is 0 Å². The Morgan fingerprint density at radius 3 is 2.45 bits per heavy atom. The molecule has 0 N–H and O–H groups in total. The summed E-state index contributed by atoms with van der Waals surface area (Å²) in [4.78, 5) is 17.3. The van der Waals surface area contributed by atoms with Crippen LogP contribution in [0, 0.1) is 0 Å². The summed E-state index contributed by atoms with van der Waals surface area (Å²) in [5, 5.41) is 1.64. The number of imidazole rings is 1. The first kappa shape index (κ1) is 19.8.